The number of rotatable bonds is 5. The van der Waals surface area contributed by atoms with Gasteiger partial charge in [-0.1, -0.05) is 0 Å². The predicted molar refractivity (Wildman–Crippen MR) is 85.3 cm³/mol. The molecule has 1 aromatic heterocycles. The molecular weight excluding hydrogens is 318 g/mol. The Morgan fingerprint density at radius 3 is 3.04 bits per heavy atom. The number of aromatic nitrogens is 1. The van der Waals surface area contributed by atoms with Crippen molar-refractivity contribution in [2.75, 3.05) is 40.4 Å². The van der Waals surface area contributed by atoms with Crippen LogP contribution in [-0.2, 0) is 14.9 Å². The van der Waals surface area contributed by atoms with E-state index in [0.29, 0.717) is 38.5 Å². The van der Waals surface area contributed by atoms with Crippen molar-refractivity contribution in [3.05, 3.63) is 24.5 Å². The van der Waals surface area contributed by atoms with E-state index in [0.717, 1.165) is 6.42 Å². The quantitative estimate of drug-likeness (QED) is 0.790. The van der Waals surface area contributed by atoms with Gasteiger partial charge >= 0.3 is 0 Å². The zero-order chi connectivity index (χ0) is 16.5. The van der Waals surface area contributed by atoms with Crippen LogP contribution in [0.25, 0.3) is 0 Å². The lowest BCUT2D eigenvalue weighted by molar-refractivity contribution is -0.0200. The van der Waals surface area contributed by atoms with Gasteiger partial charge in [0, 0.05) is 45.4 Å². The van der Waals surface area contributed by atoms with E-state index in [1.807, 2.05) is 12.1 Å². The fraction of sp³-hybridized carbons (Fsp3) is 0.667. The number of piperidine rings is 1. The third-order valence-electron chi connectivity index (χ3n) is 4.68. The Hall–Kier alpha value is -1.22. The van der Waals surface area contributed by atoms with Gasteiger partial charge in [-0.25, -0.2) is 0 Å². The Morgan fingerprint density at radius 1 is 1.52 bits per heavy atom. The van der Waals surface area contributed by atoms with Crippen LogP contribution in [0.15, 0.2) is 24.5 Å². The van der Waals surface area contributed by atoms with Gasteiger partial charge in [-0.2, -0.15) is 17.0 Å². The molecule has 3 rings (SSSR count). The van der Waals surface area contributed by atoms with Crippen LogP contribution >= 0.6 is 0 Å². The van der Waals surface area contributed by atoms with Crippen LogP contribution in [0.5, 0.6) is 5.75 Å². The summed E-state index contributed by atoms with van der Waals surface area (Å²) in [5.41, 5.74) is -0.294. The van der Waals surface area contributed by atoms with E-state index >= 15 is 0 Å². The van der Waals surface area contributed by atoms with Crippen molar-refractivity contribution in [1.82, 2.24) is 13.6 Å². The van der Waals surface area contributed by atoms with E-state index in [1.54, 1.807) is 30.8 Å². The highest BCUT2D eigenvalue weighted by atomic mass is 32.2. The molecule has 0 N–H and O–H groups in total. The Balaban J connectivity index is 1.77. The molecule has 2 saturated heterocycles. The van der Waals surface area contributed by atoms with Gasteiger partial charge in [0.05, 0.1) is 18.9 Å². The minimum absolute atomic E-state index is 0.0489. The summed E-state index contributed by atoms with van der Waals surface area (Å²) in [4.78, 5) is 4.04. The van der Waals surface area contributed by atoms with E-state index in [9.17, 15) is 8.42 Å². The SMILES string of the molecule is CN(C)S(=O)(=O)N1CC[C@H]2OCC[C@@]2(COc2cccnc2)C1. The smallest absolute Gasteiger partial charge is 0.281 e. The minimum Gasteiger partial charge on any atom is -0.491 e. The van der Waals surface area contributed by atoms with E-state index in [1.165, 1.54) is 4.31 Å². The van der Waals surface area contributed by atoms with E-state index in [-0.39, 0.29) is 11.5 Å². The molecule has 3 heterocycles. The van der Waals surface area contributed by atoms with Gasteiger partial charge in [0.2, 0.25) is 0 Å². The normalized spacial score (nSPS) is 28.7. The van der Waals surface area contributed by atoms with E-state index < -0.39 is 10.2 Å². The average molecular weight is 341 g/mol. The molecular formula is C15H23N3O4S. The van der Waals surface area contributed by atoms with Gasteiger partial charge in [-0.3, -0.25) is 4.98 Å². The lowest BCUT2D eigenvalue weighted by Gasteiger charge is -2.43. The topological polar surface area (TPSA) is 72.0 Å². The van der Waals surface area contributed by atoms with Crippen LogP contribution in [0.4, 0.5) is 0 Å². The molecule has 2 fully saturated rings. The Labute approximate surface area is 137 Å². The highest BCUT2D eigenvalue weighted by molar-refractivity contribution is 7.86. The molecule has 0 saturated carbocycles. The molecule has 2 aliphatic heterocycles. The second-order valence-electron chi connectivity index (χ2n) is 6.36. The molecule has 1 aromatic rings. The molecule has 0 bridgehead atoms. The molecule has 8 heteroatoms. The first-order valence-corrected chi connectivity index (χ1v) is 9.16. The zero-order valence-electron chi connectivity index (χ0n) is 13.5. The lowest BCUT2D eigenvalue weighted by Crippen LogP contribution is -2.56. The van der Waals surface area contributed by atoms with Crippen molar-refractivity contribution < 1.29 is 17.9 Å². The van der Waals surface area contributed by atoms with Gasteiger partial charge < -0.3 is 9.47 Å². The van der Waals surface area contributed by atoms with Crippen molar-refractivity contribution in [1.29, 1.82) is 0 Å². The standard InChI is InChI=1S/C15H23N3O4S/c1-17(2)23(19,20)18-8-5-14-15(11-18,6-9-21-14)12-22-13-4-3-7-16-10-13/h3-4,7,10,14H,5-6,8-9,11-12H2,1-2H3/t14-,15+/m1/s1. The number of pyridine rings is 1. The van der Waals surface area contributed by atoms with Crippen LogP contribution in [0.1, 0.15) is 12.8 Å². The molecule has 0 spiro atoms. The van der Waals surface area contributed by atoms with E-state index in [2.05, 4.69) is 4.98 Å². The molecule has 2 atom stereocenters. The maximum Gasteiger partial charge on any atom is 0.281 e. The molecule has 7 nitrogen and oxygen atoms in total. The van der Waals surface area contributed by atoms with Gasteiger partial charge in [-0.15, -0.1) is 0 Å². The lowest BCUT2D eigenvalue weighted by atomic mass is 9.78. The highest BCUT2D eigenvalue weighted by Gasteiger charge is 2.51. The first kappa shape index (κ1) is 16.6. The summed E-state index contributed by atoms with van der Waals surface area (Å²) in [6.07, 6.45) is 4.91. The van der Waals surface area contributed by atoms with Crippen LogP contribution in [0, 0.1) is 5.41 Å². The molecule has 128 valence electrons. The number of nitrogens with zero attached hydrogens (tertiary/aromatic N) is 3. The second-order valence-corrected chi connectivity index (χ2v) is 8.50. The van der Waals surface area contributed by atoms with Crippen molar-refractivity contribution in [2.45, 2.75) is 18.9 Å². The molecule has 23 heavy (non-hydrogen) atoms. The van der Waals surface area contributed by atoms with Gasteiger partial charge in [0.15, 0.2) is 0 Å². The van der Waals surface area contributed by atoms with Gasteiger partial charge in [0.25, 0.3) is 10.2 Å². The summed E-state index contributed by atoms with van der Waals surface area (Å²) in [5.74, 6) is 0.695. The maximum atomic E-state index is 12.5. The monoisotopic (exact) mass is 341 g/mol. The average Bonchev–Trinajstić information content (AvgIpc) is 2.97. The van der Waals surface area contributed by atoms with Crippen LogP contribution in [-0.4, -0.2) is 68.5 Å². The third-order valence-corrected chi connectivity index (χ3v) is 6.57. The maximum absolute atomic E-state index is 12.5. The second kappa shape index (κ2) is 6.35. The Morgan fingerprint density at radius 2 is 2.35 bits per heavy atom. The fourth-order valence-corrected chi connectivity index (χ4v) is 4.52. The molecule has 0 radical (unpaired) electrons. The van der Waals surface area contributed by atoms with Crippen molar-refractivity contribution in [3.8, 4) is 5.75 Å². The number of hydrogen-bond donors (Lipinski definition) is 0. The first-order valence-electron chi connectivity index (χ1n) is 7.76. The Kier molecular flexibility index (Phi) is 4.59. The fourth-order valence-electron chi connectivity index (χ4n) is 3.30. The summed E-state index contributed by atoms with van der Waals surface area (Å²) in [7, 11) is -0.295. The summed E-state index contributed by atoms with van der Waals surface area (Å²) in [6, 6.07) is 3.67. The largest absolute Gasteiger partial charge is 0.491 e. The van der Waals surface area contributed by atoms with Crippen molar-refractivity contribution >= 4 is 10.2 Å². The molecule has 0 aromatic carbocycles. The zero-order valence-corrected chi connectivity index (χ0v) is 14.3. The summed E-state index contributed by atoms with van der Waals surface area (Å²) in [6.45, 7) is 2.00. The van der Waals surface area contributed by atoms with Crippen molar-refractivity contribution in [2.24, 2.45) is 5.41 Å². The minimum atomic E-state index is -3.42. The summed E-state index contributed by atoms with van der Waals surface area (Å²) in [5, 5.41) is 0. The number of fused-ring (bicyclic) bond motifs is 1. The van der Waals surface area contributed by atoms with Gasteiger partial charge in [0.1, 0.15) is 5.75 Å². The van der Waals surface area contributed by atoms with E-state index in [4.69, 9.17) is 9.47 Å². The molecule has 0 amide bonds. The predicted octanol–water partition coefficient (Wildman–Crippen LogP) is 0.748. The number of hydrogen-bond acceptors (Lipinski definition) is 5. The summed E-state index contributed by atoms with van der Waals surface area (Å²) >= 11 is 0. The third kappa shape index (κ3) is 3.21. The summed E-state index contributed by atoms with van der Waals surface area (Å²) < 4.78 is 39.4. The highest BCUT2D eigenvalue weighted by Crippen LogP contribution is 2.42. The molecule has 2 aliphatic rings. The van der Waals surface area contributed by atoms with Crippen molar-refractivity contribution in [3.63, 3.8) is 0 Å². The first-order chi connectivity index (χ1) is 10.9. The van der Waals surface area contributed by atoms with Crippen LogP contribution in [0.3, 0.4) is 0 Å². The molecule has 0 aliphatic carbocycles. The van der Waals surface area contributed by atoms with Crippen LogP contribution < -0.4 is 4.74 Å². The molecule has 0 unspecified atom stereocenters. The number of ether oxygens (including phenoxy) is 2. The Bertz CT molecular complexity index is 637. The van der Waals surface area contributed by atoms with Crippen LogP contribution in [0.2, 0.25) is 0 Å². The van der Waals surface area contributed by atoms with Gasteiger partial charge in [-0.05, 0) is 25.0 Å².